The van der Waals surface area contributed by atoms with Crippen molar-refractivity contribution in [3.8, 4) is 6.07 Å². The average molecular weight is 288 g/mol. The fourth-order valence-corrected chi connectivity index (χ4v) is 3.35. The Morgan fingerprint density at radius 3 is 1.74 bits per heavy atom. The van der Waals surface area contributed by atoms with Gasteiger partial charge in [0.2, 0.25) is 10.0 Å². The summed E-state index contributed by atoms with van der Waals surface area (Å²) in [5.41, 5.74) is 0. The van der Waals surface area contributed by atoms with Gasteiger partial charge in [0.05, 0.1) is 6.07 Å². The Labute approximate surface area is 118 Å². The van der Waals surface area contributed by atoms with Gasteiger partial charge < -0.3 is 0 Å². The highest BCUT2D eigenvalue weighted by atomic mass is 32.2. The van der Waals surface area contributed by atoms with Gasteiger partial charge in [-0.25, -0.2) is 12.7 Å². The predicted octanol–water partition coefficient (Wildman–Crippen LogP) is 3.01. The van der Waals surface area contributed by atoms with Gasteiger partial charge in [-0.3, -0.25) is 0 Å². The first-order valence-corrected chi connectivity index (χ1v) is 8.64. The standard InChI is InChI=1S/C14H28N2O2S/c1-6-14(11-15)19(17,18)16(9-7-12(2)3)10-8-13(4)5/h12-14H,6-10H2,1-5H3. The van der Waals surface area contributed by atoms with Gasteiger partial charge in [0, 0.05) is 13.1 Å². The predicted molar refractivity (Wildman–Crippen MR) is 79.1 cm³/mol. The van der Waals surface area contributed by atoms with E-state index in [1.54, 1.807) is 6.92 Å². The summed E-state index contributed by atoms with van der Waals surface area (Å²) in [5, 5.41) is 8.10. The summed E-state index contributed by atoms with van der Waals surface area (Å²) < 4.78 is 26.4. The number of sulfonamides is 1. The summed E-state index contributed by atoms with van der Waals surface area (Å²) in [6.07, 6.45) is 2.01. The smallest absolute Gasteiger partial charge is 0.211 e. The molecule has 4 nitrogen and oxygen atoms in total. The van der Waals surface area contributed by atoms with Crippen molar-refractivity contribution in [3.05, 3.63) is 0 Å². The van der Waals surface area contributed by atoms with Crippen molar-refractivity contribution in [1.82, 2.24) is 4.31 Å². The molecule has 0 aromatic heterocycles. The van der Waals surface area contributed by atoms with Gasteiger partial charge in [-0.1, -0.05) is 34.6 Å². The molecule has 1 atom stereocenters. The van der Waals surface area contributed by atoms with Gasteiger partial charge in [-0.05, 0) is 31.1 Å². The van der Waals surface area contributed by atoms with Crippen LogP contribution in [0.4, 0.5) is 0 Å². The molecule has 0 saturated heterocycles. The highest BCUT2D eigenvalue weighted by Gasteiger charge is 2.30. The molecule has 0 amide bonds. The summed E-state index contributed by atoms with van der Waals surface area (Å²) in [6, 6.07) is 1.92. The van der Waals surface area contributed by atoms with Crippen molar-refractivity contribution in [2.75, 3.05) is 13.1 Å². The molecule has 0 fully saturated rings. The lowest BCUT2D eigenvalue weighted by molar-refractivity contribution is 0.354. The van der Waals surface area contributed by atoms with E-state index in [9.17, 15) is 8.42 Å². The molecule has 0 bridgehead atoms. The molecular weight excluding hydrogens is 260 g/mol. The van der Waals surface area contributed by atoms with E-state index < -0.39 is 15.3 Å². The monoisotopic (exact) mass is 288 g/mol. The minimum absolute atomic E-state index is 0.346. The van der Waals surface area contributed by atoms with Gasteiger partial charge in [-0.15, -0.1) is 0 Å². The fourth-order valence-electron chi connectivity index (χ4n) is 1.72. The van der Waals surface area contributed by atoms with E-state index in [2.05, 4.69) is 27.7 Å². The molecule has 0 heterocycles. The van der Waals surface area contributed by atoms with Gasteiger partial charge in [0.1, 0.15) is 0 Å². The third-order valence-corrected chi connectivity index (χ3v) is 5.39. The molecule has 0 saturated carbocycles. The maximum absolute atomic E-state index is 12.4. The SMILES string of the molecule is CCC(C#N)S(=O)(=O)N(CCC(C)C)CCC(C)C. The van der Waals surface area contributed by atoms with Crippen LogP contribution in [-0.2, 0) is 10.0 Å². The summed E-state index contributed by atoms with van der Waals surface area (Å²) >= 11 is 0. The first-order chi connectivity index (χ1) is 8.75. The molecule has 5 heteroatoms. The number of rotatable bonds is 9. The first-order valence-electron chi connectivity index (χ1n) is 7.14. The maximum atomic E-state index is 12.4. The van der Waals surface area contributed by atoms with Crippen LogP contribution in [0.1, 0.15) is 53.9 Å². The van der Waals surface area contributed by atoms with Crippen LogP contribution < -0.4 is 0 Å². The lowest BCUT2D eigenvalue weighted by Gasteiger charge is -2.25. The highest BCUT2D eigenvalue weighted by molar-refractivity contribution is 7.90. The van der Waals surface area contributed by atoms with E-state index in [0.29, 0.717) is 31.3 Å². The van der Waals surface area contributed by atoms with E-state index in [1.807, 2.05) is 6.07 Å². The Morgan fingerprint density at radius 1 is 1.05 bits per heavy atom. The van der Waals surface area contributed by atoms with Gasteiger partial charge in [0.25, 0.3) is 0 Å². The van der Waals surface area contributed by atoms with E-state index in [-0.39, 0.29) is 0 Å². The molecular formula is C14H28N2O2S. The van der Waals surface area contributed by atoms with E-state index in [4.69, 9.17) is 5.26 Å². The quantitative estimate of drug-likeness (QED) is 0.655. The molecule has 0 N–H and O–H groups in total. The van der Waals surface area contributed by atoms with Crippen LogP contribution in [0, 0.1) is 23.2 Å². The number of hydrogen-bond donors (Lipinski definition) is 0. The fraction of sp³-hybridized carbons (Fsp3) is 0.929. The molecule has 0 radical (unpaired) electrons. The summed E-state index contributed by atoms with van der Waals surface area (Å²) in [7, 11) is -3.48. The lowest BCUT2D eigenvalue weighted by atomic mass is 10.1. The number of nitriles is 1. The Balaban J connectivity index is 4.94. The Bertz CT molecular complexity index is 371. The highest BCUT2D eigenvalue weighted by Crippen LogP contribution is 2.16. The molecule has 0 aliphatic carbocycles. The van der Waals surface area contributed by atoms with Crippen molar-refractivity contribution in [2.24, 2.45) is 11.8 Å². The topological polar surface area (TPSA) is 61.2 Å². The zero-order valence-corrected chi connectivity index (χ0v) is 13.7. The van der Waals surface area contributed by atoms with E-state index in [0.717, 1.165) is 12.8 Å². The number of nitrogens with zero attached hydrogens (tertiary/aromatic N) is 2. The maximum Gasteiger partial charge on any atom is 0.230 e. The molecule has 0 rings (SSSR count). The molecule has 0 aromatic rings. The van der Waals surface area contributed by atoms with Crippen LogP contribution in [0.15, 0.2) is 0 Å². The van der Waals surface area contributed by atoms with Crippen molar-refractivity contribution < 1.29 is 8.42 Å². The van der Waals surface area contributed by atoms with Crippen LogP contribution in [0.5, 0.6) is 0 Å². The van der Waals surface area contributed by atoms with E-state index >= 15 is 0 Å². The summed E-state index contributed by atoms with van der Waals surface area (Å²) in [5.74, 6) is 0.915. The van der Waals surface area contributed by atoms with Crippen molar-refractivity contribution >= 4 is 10.0 Å². The molecule has 112 valence electrons. The number of hydrogen-bond acceptors (Lipinski definition) is 3. The van der Waals surface area contributed by atoms with Crippen LogP contribution >= 0.6 is 0 Å². The normalized spacial score (nSPS) is 14.1. The molecule has 1 unspecified atom stereocenters. The van der Waals surface area contributed by atoms with E-state index in [1.165, 1.54) is 4.31 Å². The third kappa shape index (κ3) is 6.40. The van der Waals surface area contributed by atoms with Crippen molar-refractivity contribution in [3.63, 3.8) is 0 Å². The Kier molecular flexibility index (Phi) is 8.28. The average Bonchev–Trinajstić information content (AvgIpc) is 2.28. The van der Waals surface area contributed by atoms with Gasteiger partial charge in [-0.2, -0.15) is 5.26 Å². The Morgan fingerprint density at radius 2 is 1.47 bits per heavy atom. The molecule has 0 aromatic carbocycles. The first kappa shape index (κ1) is 18.4. The largest absolute Gasteiger partial charge is 0.230 e. The minimum Gasteiger partial charge on any atom is -0.211 e. The van der Waals surface area contributed by atoms with Crippen LogP contribution in [0.3, 0.4) is 0 Å². The van der Waals surface area contributed by atoms with Crippen LogP contribution in [0.2, 0.25) is 0 Å². The second-order valence-corrected chi connectivity index (χ2v) is 7.95. The van der Waals surface area contributed by atoms with Crippen LogP contribution in [-0.4, -0.2) is 31.1 Å². The zero-order valence-electron chi connectivity index (χ0n) is 12.9. The Hall–Kier alpha value is -0.600. The second kappa shape index (κ2) is 8.55. The molecule has 0 aliphatic rings. The molecule has 0 aliphatic heterocycles. The lowest BCUT2D eigenvalue weighted by Crippen LogP contribution is -2.40. The van der Waals surface area contributed by atoms with Crippen LogP contribution in [0.25, 0.3) is 0 Å². The molecule has 19 heavy (non-hydrogen) atoms. The summed E-state index contributed by atoms with van der Waals surface area (Å²) in [4.78, 5) is 0. The van der Waals surface area contributed by atoms with Crippen molar-refractivity contribution in [2.45, 2.75) is 59.1 Å². The van der Waals surface area contributed by atoms with Gasteiger partial charge in [0.15, 0.2) is 5.25 Å². The molecule has 0 spiro atoms. The zero-order chi connectivity index (χ0) is 15.1. The van der Waals surface area contributed by atoms with Crippen molar-refractivity contribution in [1.29, 1.82) is 5.26 Å². The summed E-state index contributed by atoms with van der Waals surface area (Å²) in [6.45, 7) is 11.1. The minimum atomic E-state index is -3.48. The van der Waals surface area contributed by atoms with Gasteiger partial charge >= 0.3 is 0 Å². The second-order valence-electron chi connectivity index (χ2n) is 5.84. The third-order valence-electron chi connectivity index (χ3n) is 3.15.